The van der Waals surface area contributed by atoms with E-state index in [4.69, 9.17) is 16.3 Å². The average molecular weight is 495 g/mol. The fourth-order valence-corrected chi connectivity index (χ4v) is 3.83. The van der Waals surface area contributed by atoms with Crippen LogP contribution < -0.4 is 10.9 Å². The third-order valence-electron chi connectivity index (χ3n) is 5.31. The van der Waals surface area contributed by atoms with Crippen LogP contribution in [0, 0.1) is 0 Å². The predicted molar refractivity (Wildman–Crippen MR) is 117 cm³/mol. The minimum absolute atomic E-state index is 0.0939. The van der Waals surface area contributed by atoms with Gasteiger partial charge in [0.15, 0.2) is 12.4 Å². The van der Waals surface area contributed by atoms with Crippen LogP contribution in [0.4, 0.5) is 19.0 Å². The molecule has 178 valence electrons. The monoisotopic (exact) mass is 494 g/mol. The highest BCUT2D eigenvalue weighted by molar-refractivity contribution is 6.33. The number of benzene rings is 1. The molecule has 0 bridgehead atoms. The fourth-order valence-electron chi connectivity index (χ4n) is 3.61. The van der Waals surface area contributed by atoms with E-state index in [9.17, 15) is 27.6 Å². The van der Waals surface area contributed by atoms with Crippen molar-refractivity contribution >= 4 is 40.2 Å². The van der Waals surface area contributed by atoms with E-state index >= 15 is 0 Å². The lowest BCUT2D eigenvalue weighted by molar-refractivity contribution is -0.137. The van der Waals surface area contributed by atoms with Crippen LogP contribution in [-0.4, -0.2) is 33.0 Å². The molecule has 1 aliphatic heterocycles. The van der Waals surface area contributed by atoms with E-state index in [0.29, 0.717) is 42.0 Å². The zero-order valence-corrected chi connectivity index (χ0v) is 18.4. The van der Waals surface area contributed by atoms with Gasteiger partial charge >= 0.3 is 12.1 Å². The van der Waals surface area contributed by atoms with E-state index in [1.165, 1.54) is 18.2 Å². The molecule has 3 heterocycles. The molecule has 1 aliphatic rings. The molecule has 34 heavy (non-hydrogen) atoms. The summed E-state index contributed by atoms with van der Waals surface area (Å²) in [4.78, 5) is 45.3. The molecule has 0 radical (unpaired) electrons. The summed E-state index contributed by atoms with van der Waals surface area (Å²) >= 11 is 5.75. The van der Waals surface area contributed by atoms with Gasteiger partial charge in [-0.05, 0) is 37.1 Å². The molecule has 1 N–H and O–H groups in total. The number of halogens is 4. The van der Waals surface area contributed by atoms with Crippen molar-refractivity contribution in [3.63, 3.8) is 0 Å². The molecule has 1 aromatic carbocycles. The number of esters is 1. The second-order valence-electron chi connectivity index (χ2n) is 7.70. The largest absolute Gasteiger partial charge is 0.452 e. The Hall–Kier alpha value is -3.47. The standard InChI is InChI=1S/C22H18ClF3N4O4/c23-15-9-13(22(24,25)26)10-27-19(15)29-18(31)11-34-21(33)12-5-6-14-16(8-12)28-17-4-2-1-3-7-30(17)20(14)32/h5-6,8-10H,1-4,7,11H2,(H,27,29,31). The van der Waals surface area contributed by atoms with Gasteiger partial charge in [0.2, 0.25) is 0 Å². The number of nitrogens with zero attached hydrogens (tertiary/aromatic N) is 3. The molecule has 0 saturated heterocycles. The highest BCUT2D eigenvalue weighted by Gasteiger charge is 2.31. The second kappa shape index (κ2) is 9.41. The predicted octanol–water partition coefficient (Wildman–Crippen LogP) is 3.99. The summed E-state index contributed by atoms with van der Waals surface area (Å²) in [6.45, 7) is -0.121. The quantitative estimate of drug-likeness (QED) is 0.550. The first-order valence-electron chi connectivity index (χ1n) is 10.4. The first-order chi connectivity index (χ1) is 16.1. The van der Waals surface area contributed by atoms with Crippen molar-refractivity contribution in [1.29, 1.82) is 0 Å². The third kappa shape index (κ3) is 5.04. The number of nitrogens with one attached hydrogen (secondary N) is 1. The molecule has 0 aliphatic carbocycles. The molecule has 0 unspecified atom stereocenters. The number of alkyl halides is 3. The van der Waals surface area contributed by atoms with E-state index < -0.39 is 35.2 Å². The molecule has 2 aromatic heterocycles. The van der Waals surface area contributed by atoms with Gasteiger partial charge < -0.3 is 10.1 Å². The fraction of sp³-hybridized carbons (Fsp3) is 0.318. The van der Waals surface area contributed by atoms with Crippen LogP contribution in [0.3, 0.4) is 0 Å². The van der Waals surface area contributed by atoms with E-state index in [-0.39, 0.29) is 16.9 Å². The smallest absolute Gasteiger partial charge is 0.417 e. The second-order valence-corrected chi connectivity index (χ2v) is 8.11. The molecule has 4 rings (SSSR count). The molecule has 1 amide bonds. The number of aromatic nitrogens is 3. The van der Waals surface area contributed by atoms with Crippen LogP contribution in [-0.2, 0) is 28.7 Å². The summed E-state index contributed by atoms with van der Waals surface area (Å²) in [5.74, 6) is -1.31. The summed E-state index contributed by atoms with van der Waals surface area (Å²) in [6.07, 6.45) is -0.606. The Balaban J connectivity index is 1.44. The van der Waals surface area contributed by atoms with Gasteiger partial charge in [-0.3, -0.25) is 14.2 Å². The van der Waals surface area contributed by atoms with E-state index in [0.717, 1.165) is 19.3 Å². The number of amides is 1. The molecular formula is C22H18ClF3N4O4. The van der Waals surface area contributed by atoms with Crippen molar-refractivity contribution in [1.82, 2.24) is 14.5 Å². The van der Waals surface area contributed by atoms with Crippen LogP contribution in [0.15, 0.2) is 35.3 Å². The number of anilines is 1. The number of carbonyl (C=O) groups is 2. The highest BCUT2D eigenvalue weighted by atomic mass is 35.5. The minimum atomic E-state index is -4.63. The van der Waals surface area contributed by atoms with Crippen molar-refractivity contribution in [2.45, 2.75) is 38.4 Å². The lowest BCUT2D eigenvalue weighted by Crippen LogP contribution is -2.25. The Morgan fingerprint density at radius 2 is 1.97 bits per heavy atom. The molecule has 3 aromatic rings. The number of hydrogen-bond acceptors (Lipinski definition) is 6. The molecule has 0 atom stereocenters. The number of fused-ring (bicyclic) bond motifs is 2. The van der Waals surface area contributed by atoms with Gasteiger partial charge in [0, 0.05) is 19.2 Å². The zero-order chi connectivity index (χ0) is 24.5. The first-order valence-corrected chi connectivity index (χ1v) is 10.7. The maximum atomic E-state index is 12.8. The van der Waals surface area contributed by atoms with Gasteiger partial charge in [-0.25, -0.2) is 14.8 Å². The number of hydrogen-bond donors (Lipinski definition) is 1. The summed E-state index contributed by atoms with van der Waals surface area (Å²) < 4.78 is 44.7. The lowest BCUT2D eigenvalue weighted by Gasteiger charge is -2.11. The van der Waals surface area contributed by atoms with Gasteiger partial charge in [-0.1, -0.05) is 18.0 Å². The number of pyridine rings is 1. The number of ether oxygens (including phenoxy) is 1. The van der Waals surface area contributed by atoms with Crippen molar-refractivity contribution in [2.75, 3.05) is 11.9 Å². The van der Waals surface area contributed by atoms with E-state index in [2.05, 4.69) is 15.3 Å². The Kier molecular flexibility index (Phi) is 6.56. The number of aryl methyl sites for hydroxylation is 1. The maximum absolute atomic E-state index is 12.8. The van der Waals surface area contributed by atoms with Crippen LogP contribution in [0.5, 0.6) is 0 Å². The third-order valence-corrected chi connectivity index (χ3v) is 5.60. The summed E-state index contributed by atoms with van der Waals surface area (Å²) in [5.41, 5.74) is -0.778. The van der Waals surface area contributed by atoms with Crippen molar-refractivity contribution < 1.29 is 27.5 Å². The molecule has 8 nitrogen and oxygen atoms in total. The highest BCUT2D eigenvalue weighted by Crippen LogP contribution is 2.32. The molecule has 0 spiro atoms. The Bertz CT molecular complexity index is 1340. The number of carbonyl (C=O) groups excluding carboxylic acids is 2. The van der Waals surface area contributed by atoms with Crippen molar-refractivity contribution in [2.24, 2.45) is 0 Å². The SMILES string of the molecule is O=C(COC(=O)c1ccc2c(=O)n3c(nc2c1)CCCCC3)Nc1ncc(C(F)(F)F)cc1Cl. The Labute approximate surface area is 195 Å². The lowest BCUT2D eigenvalue weighted by atomic mass is 10.1. The normalized spacial score (nSPS) is 13.8. The van der Waals surface area contributed by atoms with Crippen molar-refractivity contribution in [3.8, 4) is 0 Å². The molecule has 0 fully saturated rings. The van der Waals surface area contributed by atoms with E-state index in [1.54, 1.807) is 4.57 Å². The van der Waals surface area contributed by atoms with Crippen LogP contribution >= 0.6 is 11.6 Å². The summed E-state index contributed by atoms with van der Waals surface area (Å²) in [7, 11) is 0. The van der Waals surface area contributed by atoms with Gasteiger partial charge in [0.1, 0.15) is 5.82 Å². The van der Waals surface area contributed by atoms with Crippen molar-refractivity contribution in [3.05, 3.63) is 62.8 Å². The maximum Gasteiger partial charge on any atom is 0.417 e. The molecule has 0 saturated carbocycles. The minimum Gasteiger partial charge on any atom is -0.452 e. The Morgan fingerprint density at radius 1 is 1.18 bits per heavy atom. The summed E-state index contributed by atoms with van der Waals surface area (Å²) in [5, 5.41) is 2.15. The van der Waals surface area contributed by atoms with Gasteiger partial charge in [-0.2, -0.15) is 13.2 Å². The molecular weight excluding hydrogens is 477 g/mol. The zero-order valence-electron chi connectivity index (χ0n) is 17.6. The number of rotatable bonds is 4. The van der Waals surface area contributed by atoms with Gasteiger partial charge in [0.05, 0.1) is 27.1 Å². The van der Waals surface area contributed by atoms with E-state index in [1.807, 2.05) is 0 Å². The topological polar surface area (TPSA) is 103 Å². The van der Waals surface area contributed by atoms with Crippen LogP contribution in [0.25, 0.3) is 10.9 Å². The van der Waals surface area contributed by atoms with Crippen LogP contribution in [0.1, 0.15) is 41.0 Å². The first kappa shape index (κ1) is 23.7. The Morgan fingerprint density at radius 3 is 2.71 bits per heavy atom. The summed E-state index contributed by atoms with van der Waals surface area (Å²) in [6, 6.07) is 4.95. The van der Waals surface area contributed by atoms with Crippen LogP contribution in [0.2, 0.25) is 5.02 Å². The van der Waals surface area contributed by atoms with Gasteiger partial charge in [-0.15, -0.1) is 0 Å². The average Bonchev–Trinajstić information content (AvgIpc) is 3.03. The molecule has 12 heteroatoms. The van der Waals surface area contributed by atoms with Gasteiger partial charge in [0.25, 0.3) is 11.5 Å².